The van der Waals surface area contributed by atoms with Crippen molar-refractivity contribution < 1.29 is 17.9 Å². The van der Waals surface area contributed by atoms with Crippen LogP contribution in [-0.2, 0) is 19.5 Å². The van der Waals surface area contributed by atoms with E-state index in [0.29, 0.717) is 32.2 Å². The number of ether oxygens (including phenoxy) is 2. The number of aromatic amines is 1. The molecule has 0 radical (unpaired) electrons. The zero-order valence-corrected chi connectivity index (χ0v) is 20.6. The SMILES string of the molecule is COCCOC1CCCN(S(=O)(=O)CC2CCC(c3ccnc4cnc5[nH]ccc5c34)CC2)C1. The first-order valence-corrected chi connectivity index (χ1v) is 13.9. The summed E-state index contributed by atoms with van der Waals surface area (Å²) in [4.78, 5) is 12.2. The lowest BCUT2D eigenvalue weighted by Gasteiger charge is -2.34. The lowest BCUT2D eigenvalue weighted by molar-refractivity contribution is -0.00658. The predicted octanol–water partition coefficient (Wildman–Crippen LogP) is 3.84. The van der Waals surface area contributed by atoms with Crippen molar-refractivity contribution in [3.05, 3.63) is 36.3 Å². The molecular formula is C25H34N4O4S. The molecule has 1 unspecified atom stereocenters. The third kappa shape index (κ3) is 4.98. The molecule has 1 saturated carbocycles. The Labute approximate surface area is 201 Å². The topological polar surface area (TPSA) is 97.4 Å². The van der Waals surface area contributed by atoms with Gasteiger partial charge in [-0.15, -0.1) is 0 Å². The first kappa shape index (κ1) is 23.7. The van der Waals surface area contributed by atoms with E-state index in [1.165, 1.54) is 10.9 Å². The largest absolute Gasteiger partial charge is 0.382 e. The van der Waals surface area contributed by atoms with Crippen LogP contribution in [0.15, 0.2) is 30.7 Å². The molecule has 184 valence electrons. The van der Waals surface area contributed by atoms with E-state index in [-0.39, 0.29) is 17.8 Å². The first-order valence-electron chi connectivity index (χ1n) is 12.3. The van der Waals surface area contributed by atoms with E-state index >= 15 is 0 Å². The molecule has 8 nitrogen and oxygen atoms in total. The third-order valence-corrected chi connectivity index (χ3v) is 9.44. The number of methoxy groups -OCH3 is 1. The molecule has 0 spiro atoms. The van der Waals surface area contributed by atoms with Crippen LogP contribution in [0.25, 0.3) is 21.9 Å². The molecule has 34 heavy (non-hydrogen) atoms. The second-order valence-corrected chi connectivity index (χ2v) is 11.7. The molecule has 1 aliphatic carbocycles. The van der Waals surface area contributed by atoms with Crippen molar-refractivity contribution in [2.45, 2.75) is 50.5 Å². The minimum Gasteiger partial charge on any atom is -0.382 e. The van der Waals surface area contributed by atoms with Crippen molar-refractivity contribution in [2.24, 2.45) is 5.92 Å². The molecule has 1 saturated heterocycles. The van der Waals surface area contributed by atoms with Crippen LogP contribution in [-0.4, -0.2) is 72.9 Å². The van der Waals surface area contributed by atoms with Gasteiger partial charge in [-0.05, 0) is 68.1 Å². The van der Waals surface area contributed by atoms with E-state index in [0.717, 1.165) is 55.1 Å². The van der Waals surface area contributed by atoms with Gasteiger partial charge in [0.2, 0.25) is 10.0 Å². The Balaban J connectivity index is 1.22. The van der Waals surface area contributed by atoms with Gasteiger partial charge in [0, 0.05) is 43.4 Å². The summed E-state index contributed by atoms with van der Waals surface area (Å²) in [5.41, 5.74) is 3.11. The van der Waals surface area contributed by atoms with Crippen molar-refractivity contribution in [2.75, 3.05) is 39.2 Å². The highest BCUT2D eigenvalue weighted by Gasteiger charge is 2.33. The van der Waals surface area contributed by atoms with Gasteiger partial charge in [-0.3, -0.25) is 4.98 Å². The van der Waals surface area contributed by atoms with Gasteiger partial charge in [0.25, 0.3) is 0 Å². The monoisotopic (exact) mass is 486 g/mol. The number of sulfonamides is 1. The van der Waals surface area contributed by atoms with E-state index in [2.05, 4.69) is 27.1 Å². The number of aromatic nitrogens is 3. The van der Waals surface area contributed by atoms with Gasteiger partial charge in [0.1, 0.15) is 5.65 Å². The van der Waals surface area contributed by atoms with Crippen LogP contribution in [0.3, 0.4) is 0 Å². The number of nitrogens with one attached hydrogen (secondary N) is 1. The molecule has 0 aromatic carbocycles. The Morgan fingerprint density at radius 2 is 1.97 bits per heavy atom. The van der Waals surface area contributed by atoms with Gasteiger partial charge in [-0.25, -0.2) is 13.4 Å². The Kier molecular flexibility index (Phi) is 7.15. The number of fused-ring (bicyclic) bond motifs is 3. The fourth-order valence-electron chi connectivity index (χ4n) is 5.66. The molecule has 3 aromatic heterocycles. The minimum atomic E-state index is -3.28. The molecule has 9 heteroatoms. The molecular weight excluding hydrogens is 452 g/mol. The fraction of sp³-hybridized carbons (Fsp3) is 0.600. The van der Waals surface area contributed by atoms with E-state index in [1.54, 1.807) is 11.4 Å². The first-order chi connectivity index (χ1) is 16.5. The Bertz CT molecular complexity index is 1220. The highest BCUT2D eigenvalue weighted by Crippen LogP contribution is 2.40. The smallest absolute Gasteiger partial charge is 0.214 e. The maximum atomic E-state index is 13.2. The molecule has 2 fully saturated rings. The summed E-state index contributed by atoms with van der Waals surface area (Å²) in [7, 11) is -1.64. The summed E-state index contributed by atoms with van der Waals surface area (Å²) >= 11 is 0. The highest BCUT2D eigenvalue weighted by atomic mass is 32.2. The standard InChI is InChI=1S/C25H34N4O4S/c1-32-13-14-33-20-3-2-12-29(16-20)34(30,31)17-18-4-6-19(7-5-18)21-8-10-26-23-15-28-25-22(24(21)23)9-11-27-25/h8-11,15,18-20H,2-7,12-14,16-17H2,1H3,(H,27,28). The number of hydrogen-bond acceptors (Lipinski definition) is 6. The number of nitrogens with zero attached hydrogens (tertiary/aromatic N) is 3. The fourth-order valence-corrected chi connectivity index (χ4v) is 7.60. The van der Waals surface area contributed by atoms with Crippen LogP contribution in [0.4, 0.5) is 0 Å². The van der Waals surface area contributed by atoms with Gasteiger partial charge in [0.15, 0.2) is 0 Å². The summed E-state index contributed by atoms with van der Waals surface area (Å²) in [6.07, 6.45) is 11.2. The molecule has 1 N–H and O–H groups in total. The second-order valence-electron chi connectivity index (χ2n) is 9.64. The van der Waals surface area contributed by atoms with Gasteiger partial charge in [-0.2, -0.15) is 4.31 Å². The van der Waals surface area contributed by atoms with Crippen LogP contribution in [0.1, 0.15) is 50.0 Å². The summed E-state index contributed by atoms with van der Waals surface area (Å²) < 4.78 is 38.9. The number of pyridine rings is 2. The number of piperidine rings is 1. The highest BCUT2D eigenvalue weighted by molar-refractivity contribution is 7.89. The van der Waals surface area contributed by atoms with Gasteiger partial charge in [-0.1, -0.05) is 0 Å². The van der Waals surface area contributed by atoms with Gasteiger partial charge >= 0.3 is 0 Å². The molecule has 5 rings (SSSR count). The summed E-state index contributed by atoms with van der Waals surface area (Å²) in [5, 5.41) is 2.29. The van der Waals surface area contributed by atoms with Crippen molar-refractivity contribution in [3.63, 3.8) is 0 Å². The molecule has 1 aliphatic heterocycles. The van der Waals surface area contributed by atoms with E-state index in [4.69, 9.17) is 9.47 Å². The van der Waals surface area contributed by atoms with E-state index in [9.17, 15) is 8.42 Å². The number of hydrogen-bond donors (Lipinski definition) is 1. The average molecular weight is 487 g/mol. The van der Waals surface area contributed by atoms with Crippen LogP contribution >= 0.6 is 0 Å². The third-order valence-electron chi connectivity index (χ3n) is 7.43. The quantitative estimate of drug-likeness (QED) is 0.486. The number of rotatable bonds is 8. The van der Waals surface area contributed by atoms with Crippen molar-refractivity contribution in [3.8, 4) is 0 Å². The Morgan fingerprint density at radius 3 is 2.79 bits per heavy atom. The van der Waals surface area contributed by atoms with Gasteiger partial charge < -0.3 is 14.5 Å². The van der Waals surface area contributed by atoms with E-state index in [1.807, 2.05) is 18.6 Å². The minimum absolute atomic E-state index is 0.0332. The average Bonchev–Trinajstić information content (AvgIpc) is 3.34. The maximum absolute atomic E-state index is 13.2. The molecule has 0 amide bonds. The second kappa shape index (κ2) is 10.3. The zero-order chi connectivity index (χ0) is 23.5. The zero-order valence-electron chi connectivity index (χ0n) is 19.8. The number of H-pyrrole nitrogens is 1. The van der Waals surface area contributed by atoms with Crippen LogP contribution in [0, 0.1) is 5.92 Å². The lowest BCUT2D eigenvalue weighted by Crippen LogP contribution is -2.45. The van der Waals surface area contributed by atoms with Crippen molar-refractivity contribution in [1.29, 1.82) is 0 Å². The molecule has 2 aliphatic rings. The van der Waals surface area contributed by atoms with Crippen LogP contribution in [0.2, 0.25) is 0 Å². The Morgan fingerprint density at radius 1 is 1.12 bits per heavy atom. The van der Waals surface area contributed by atoms with E-state index < -0.39 is 10.0 Å². The summed E-state index contributed by atoms with van der Waals surface area (Å²) in [6.45, 7) is 2.11. The maximum Gasteiger partial charge on any atom is 0.214 e. The summed E-state index contributed by atoms with van der Waals surface area (Å²) in [5.74, 6) is 0.865. The Hall–Kier alpha value is -2.07. The summed E-state index contributed by atoms with van der Waals surface area (Å²) in [6, 6.07) is 4.20. The van der Waals surface area contributed by atoms with Crippen LogP contribution in [0.5, 0.6) is 0 Å². The molecule has 0 bridgehead atoms. The normalized spacial score (nSPS) is 24.7. The predicted molar refractivity (Wildman–Crippen MR) is 132 cm³/mol. The van der Waals surface area contributed by atoms with Gasteiger partial charge in [0.05, 0.1) is 36.8 Å². The van der Waals surface area contributed by atoms with Crippen molar-refractivity contribution in [1.82, 2.24) is 19.3 Å². The lowest BCUT2D eigenvalue weighted by atomic mass is 9.78. The van der Waals surface area contributed by atoms with Crippen LogP contribution < -0.4 is 0 Å². The van der Waals surface area contributed by atoms with Crippen molar-refractivity contribution >= 4 is 32.0 Å². The molecule has 3 aromatic rings. The molecule has 4 heterocycles. The molecule has 1 atom stereocenters.